The van der Waals surface area contributed by atoms with Gasteiger partial charge in [0, 0.05) is 15.8 Å². The second kappa shape index (κ2) is 4.93. The maximum absolute atomic E-state index is 13.5. The van der Waals surface area contributed by atoms with Crippen LogP contribution in [0, 0.1) is 11.2 Å². The number of halogens is 2. The van der Waals surface area contributed by atoms with Gasteiger partial charge in [-0.05, 0) is 25.3 Å². The van der Waals surface area contributed by atoms with Gasteiger partial charge in [0.05, 0.1) is 12.7 Å². The van der Waals surface area contributed by atoms with Crippen LogP contribution in [-0.2, 0) is 11.3 Å². The zero-order valence-electron chi connectivity index (χ0n) is 10.4. The third-order valence-electron chi connectivity index (χ3n) is 4.62. The Morgan fingerprint density at radius 2 is 2.00 bits per heavy atom. The topological polar surface area (TPSA) is 9.23 Å². The third-order valence-corrected chi connectivity index (χ3v) is 5.90. The van der Waals surface area contributed by atoms with Gasteiger partial charge in [-0.2, -0.15) is 0 Å². The van der Waals surface area contributed by atoms with E-state index in [0.29, 0.717) is 28.5 Å². The zero-order valence-corrected chi connectivity index (χ0v) is 12.0. The molecule has 3 heteroatoms. The fourth-order valence-electron chi connectivity index (χ4n) is 3.41. The molecule has 18 heavy (non-hydrogen) atoms. The van der Waals surface area contributed by atoms with Crippen molar-refractivity contribution in [2.75, 3.05) is 0 Å². The van der Waals surface area contributed by atoms with Gasteiger partial charge in [0.15, 0.2) is 0 Å². The lowest BCUT2D eigenvalue weighted by Gasteiger charge is -2.51. The first kappa shape index (κ1) is 12.6. The van der Waals surface area contributed by atoms with Gasteiger partial charge in [-0.15, -0.1) is 0 Å². The predicted molar refractivity (Wildman–Crippen MR) is 73.2 cm³/mol. The van der Waals surface area contributed by atoms with Gasteiger partial charge in [-0.25, -0.2) is 4.39 Å². The largest absolute Gasteiger partial charge is 0.373 e. The minimum Gasteiger partial charge on any atom is -0.373 e. The summed E-state index contributed by atoms with van der Waals surface area (Å²) in [7, 11) is 0. The first-order chi connectivity index (χ1) is 8.72. The number of hydrogen-bond acceptors (Lipinski definition) is 1. The molecule has 2 fully saturated rings. The van der Waals surface area contributed by atoms with Crippen molar-refractivity contribution in [2.45, 2.75) is 49.6 Å². The number of hydrogen-bond donors (Lipinski definition) is 0. The first-order valence-electron chi connectivity index (χ1n) is 6.71. The molecule has 2 unspecified atom stereocenters. The molecule has 0 saturated heterocycles. The van der Waals surface area contributed by atoms with Crippen molar-refractivity contribution in [3.8, 4) is 0 Å². The molecule has 1 aromatic carbocycles. The molecule has 0 heterocycles. The first-order valence-corrected chi connectivity index (χ1v) is 7.63. The molecular formula is C15H18BrFO. The number of rotatable bonds is 3. The second-order valence-electron chi connectivity index (χ2n) is 5.53. The lowest BCUT2D eigenvalue weighted by molar-refractivity contribution is -0.109. The molecule has 1 aromatic rings. The van der Waals surface area contributed by atoms with Gasteiger partial charge in [0.1, 0.15) is 5.82 Å². The van der Waals surface area contributed by atoms with Gasteiger partial charge in [0.2, 0.25) is 0 Å². The molecule has 1 spiro atoms. The van der Waals surface area contributed by atoms with E-state index in [1.807, 2.05) is 6.07 Å². The zero-order chi connectivity index (χ0) is 12.6. The Morgan fingerprint density at radius 3 is 2.67 bits per heavy atom. The predicted octanol–water partition coefficient (Wildman–Crippen LogP) is 4.44. The lowest BCUT2D eigenvalue weighted by atomic mass is 9.64. The van der Waals surface area contributed by atoms with E-state index < -0.39 is 0 Å². The number of alkyl halides is 1. The lowest BCUT2D eigenvalue weighted by Crippen LogP contribution is -2.53. The van der Waals surface area contributed by atoms with Gasteiger partial charge >= 0.3 is 0 Å². The molecule has 2 aliphatic carbocycles. The van der Waals surface area contributed by atoms with Crippen molar-refractivity contribution in [3.63, 3.8) is 0 Å². The smallest absolute Gasteiger partial charge is 0.128 e. The molecule has 0 bridgehead atoms. The molecule has 98 valence electrons. The molecule has 2 saturated carbocycles. The number of ether oxygens (including phenoxy) is 1. The molecular weight excluding hydrogens is 295 g/mol. The van der Waals surface area contributed by atoms with Crippen LogP contribution >= 0.6 is 15.9 Å². The van der Waals surface area contributed by atoms with Crippen LogP contribution < -0.4 is 0 Å². The van der Waals surface area contributed by atoms with E-state index in [0.717, 1.165) is 6.42 Å². The van der Waals surface area contributed by atoms with E-state index in [1.165, 1.54) is 31.7 Å². The fraction of sp³-hybridized carbons (Fsp3) is 0.600. The van der Waals surface area contributed by atoms with E-state index >= 15 is 0 Å². The highest BCUT2D eigenvalue weighted by Gasteiger charge is 2.55. The highest BCUT2D eigenvalue weighted by molar-refractivity contribution is 9.09. The molecule has 0 aliphatic heterocycles. The highest BCUT2D eigenvalue weighted by Crippen LogP contribution is 2.57. The molecule has 2 aliphatic rings. The summed E-state index contributed by atoms with van der Waals surface area (Å²) >= 11 is 3.77. The van der Waals surface area contributed by atoms with Gasteiger partial charge in [-0.3, -0.25) is 0 Å². The molecule has 0 amide bonds. The van der Waals surface area contributed by atoms with Crippen molar-refractivity contribution >= 4 is 15.9 Å². The van der Waals surface area contributed by atoms with Gasteiger partial charge in [0.25, 0.3) is 0 Å². The van der Waals surface area contributed by atoms with Crippen molar-refractivity contribution < 1.29 is 9.13 Å². The summed E-state index contributed by atoms with van der Waals surface area (Å²) in [5, 5.41) is 0. The van der Waals surface area contributed by atoms with Crippen molar-refractivity contribution in [2.24, 2.45) is 5.41 Å². The Bertz CT molecular complexity index is 428. The van der Waals surface area contributed by atoms with Crippen LogP contribution in [0.4, 0.5) is 4.39 Å². The molecule has 0 aromatic heterocycles. The fourth-order valence-corrected chi connectivity index (χ4v) is 4.50. The van der Waals surface area contributed by atoms with Crippen LogP contribution in [0.15, 0.2) is 24.3 Å². The van der Waals surface area contributed by atoms with Crippen LogP contribution in [0.2, 0.25) is 0 Å². The van der Waals surface area contributed by atoms with Crippen LogP contribution in [-0.4, -0.2) is 10.9 Å². The van der Waals surface area contributed by atoms with E-state index in [9.17, 15) is 4.39 Å². The maximum Gasteiger partial charge on any atom is 0.128 e. The summed E-state index contributed by atoms with van der Waals surface area (Å²) in [6.45, 7) is 0.402. The summed E-state index contributed by atoms with van der Waals surface area (Å²) < 4.78 is 19.5. The normalized spacial score (nSPS) is 29.4. The Balaban J connectivity index is 1.63. The molecule has 3 rings (SSSR count). The Kier molecular flexibility index (Phi) is 3.46. The van der Waals surface area contributed by atoms with Crippen molar-refractivity contribution in [3.05, 3.63) is 35.6 Å². The van der Waals surface area contributed by atoms with E-state index in [-0.39, 0.29) is 5.82 Å². The summed E-state index contributed by atoms with van der Waals surface area (Å²) in [5.74, 6) is -0.160. The average Bonchev–Trinajstić information content (AvgIpc) is 2.88. The minimum atomic E-state index is -0.160. The summed E-state index contributed by atoms with van der Waals surface area (Å²) in [5.41, 5.74) is 1.01. The monoisotopic (exact) mass is 312 g/mol. The third kappa shape index (κ3) is 2.01. The second-order valence-corrected chi connectivity index (χ2v) is 6.64. The van der Waals surface area contributed by atoms with Gasteiger partial charge in [-0.1, -0.05) is 47.0 Å². The summed E-state index contributed by atoms with van der Waals surface area (Å²) in [4.78, 5) is 0.595. The Morgan fingerprint density at radius 1 is 1.28 bits per heavy atom. The SMILES string of the molecule is Fc1ccccc1COC1CC(Br)C12CCCC2. The van der Waals surface area contributed by atoms with Crippen molar-refractivity contribution in [1.82, 2.24) is 0 Å². The number of benzene rings is 1. The van der Waals surface area contributed by atoms with E-state index in [4.69, 9.17) is 4.74 Å². The van der Waals surface area contributed by atoms with E-state index in [2.05, 4.69) is 15.9 Å². The summed E-state index contributed by atoms with van der Waals surface area (Å²) in [6.07, 6.45) is 6.50. The molecule has 1 nitrogen and oxygen atoms in total. The molecule has 0 N–H and O–H groups in total. The maximum atomic E-state index is 13.5. The Labute approximate surface area is 116 Å². The average molecular weight is 313 g/mol. The van der Waals surface area contributed by atoms with E-state index in [1.54, 1.807) is 12.1 Å². The minimum absolute atomic E-state index is 0.160. The van der Waals surface area contributed by atoms with Gasteiger partial charge < -0.3 is 4.74 Å². The van der Waals surface area contributed by atoms with Crippen LogP contribution in [0.25, 0.3) is 0 Å². The quantitative estimate of drug-likeness (QED) is 0.750. The summed E-state index contributed by atoms with van der Waals surface area (Å²) in [6, 6.07) is 6.88. The van der Waals surface area contributed by atoms with Crippen LogP contribution in [0.5, 0.6) is 0 Å². The standard InChI is InChI=1S/C15H18BrFO/c16-13-9-14(15(13)7-3-4-8-15)18-10-11-5-1-2-6-12(11)17/h1-2,5-6,13-14H,3-4,7-10H2. The molecule has 0 radical (unpaired) electrons. The van der Waals surface area contributed by atoms with Crippen LogP contribution in [0.3, 0.4) is 0 Å². The molecule has 2 atom stereocenters. The Hall–Kier alpha value is -0.410. The highest BCUT2D eigenvalue weighted by atomic mass is 79.9. The van der Waals surface area contributed by atoms with Crippen molar-refractivity contribution in [1.29, 1.82) is 0 Å². The van der Waals surface area contributed by atoms with Crippen LogP contribution in [0.1, 0.15) is 37.7 Å².